The normalized spacial score (nSPS) is 18.4. The van der Waals surface area contributed by atoms with Gasteiger partial charge in [0.1, 0.15) is 5.76 Å². The van der Waals surface area contributed by atoms with E-state index in [1.807, 2.05) is 24.3 Å². The first kappa shape index (κ1) is 14.7. The highest BCUT2D eigenvalue weighted by Gasteiger charge is 2.35. The second-order valence-electron chi connectivity index (χ2n) is 8.22. The first-order valence-corrected chi connectivity index (χ1v) is 15.2. The molecule has 0 fully saturated rings. The average molecular weight is 360 g/mol. The molecule has 0 radical (unpaired) electrons. The van der Waals surface area contributed by atoms with Crippen LogP contribution >= 0.6 is 0 Å². The van der Waals surface area contributed by atoms with E-state index in [9.17, 15) is 4.79 Å². The number of carbonyl (C=O) groups excluding carboxylic acids is 1. The fraction of sp³-hybridized carbons (Fsp3) is 0.350. The van der Waals surface area contributed by atoms with Crippen molar-refractivity contribution >= 4 is 33.4 Å². The van der Waals surface area contributed by atoms with E-state index in [1.165, 1.54) is 6.92 Å². The van der Waals surface area contributed by atoms with E-state index in [0.29, 0.717) is 22.2 Å². The average Bonchev–Trinajstić information content (AvgIpc) is 2.78. The molecule has 4 heteroatoms. The predicted octanol–water partition coefficient (Wildman–Crippen LogP) is 5.67. The van der Waals surface area contributed by atoms with E-state index in [2.05, 4.69) is 39.3 Å². The summed E-state index contributed by atoms with van der Waals surface area (Å²) < 4.78 is 30.9. The third-order valence-corrected chi connectivity index (χ3v) is 6.41. The molecule has 0 N–H and O–H groups in total. The van der Waals surface area contributed by atoms with Crippen molar-refractivity contribution in [3.63, 3.8) is 0 Å². The van der Waals surface area contributed by atoms with E-state index < -0.39 is 22.1 Å². The minimum atomic E-state index is -2.14. The zero-order valence-corrected chi connectivity index (χ0v) is 17.6. The van der Waals surface area contributed by atoms with Gasteiger partial charge in [-0.1, -0.05) is 81.0 Å². The van der Waals surface area contributed by atoms with Crippen LogP contribution in [0, 0.1) is 0 Å². The molecule has 0 bridgehead atoms. The quantitative estimate of drug-likeness (QED) is 0.511. The van der Waals surface area contributed by atoms with Gasteiger partial charge in [-0.15, -0.1) is 0 Å². The number of hydrogen-bond acceptors (Lipinski definition) is 2. The highest BCUT2D eigenvalue weighted by atomic mass is 28.3. The molecule has 0 heterocycles. The third-order valence-electron chi connectivity index (χ3n) is 3.66. The molecular weight excluding hydrogens is 328 g/mol. The highest BCUT2D eigenvalue weighted by molar-refractivity contribution is 6.85. The van der Waals surface area contributed by atoms with Crippen LogP contribution in [0.3, 0.4) is 0 Å². The van der Waals surface area contributed by atoms with Gasteiger partial charge in [0.15, 0.2) is 0 Å². The first-order valence-electron chi connectivity index (χ1n) is 9.69. The Balaban J connectivity index is 3.04. The standard InChI is InChI=1S/C20H28O2Si2/c1-14(24(6,7)8)19-18(13-23(3,4)5)16-11-9-10-12-17(16)20(19)22-15(2)21/h9-13H,1H2,2-8H3/b18-13+/i1D2,13D. The maximum atomic E-state index is 11.9. The molecule has 0 unspecified atom stereocenters. The lowest BCUT2D eigenvalue weighted by Gasteiger charge is -2.24. The number of ether oxygens (including phenoxy) is 1. The van der Waals surface area contributed by atoms with Crippen molar-refractivity contribution < 1.29 is 13.6 Å². The van der Waals surface area contributed by atoms with Crippen molar-refractivity contribution in [2.24, 2.45) is 0 Å². The molecule has 1 aromatic rings. The van der Waals surface area contributed by atoms with E-state index in [1.54, 1.807) is 0 Å². The first-order chi connectivity index (χ1) is 12.3. The summed E-state index contributed by atoms with van der Waals surface area (Å²) in [5.74, 6) is -0.0463. The molecule has 0 aromatic heterocycles. The Labute approximate surface area is 152 Å². The van der Waals surface area contributed by atoms with Gasteiger partial charge in [-0.3, -0.25) is 4.79 Å². The molecule has 128 valence electrons. The lowest BCUT2D eigenvalue weighted by atomic mass is 10.0. The van der Waals surface area contributed by atoms with Crippen LogP contribution in [0.1, 0.15) is 22.2 Å². The number of carbonyl (C=O) groups is 1. The number of rotatable bonds is 4. The summed E-state index contributed by atoms with van der Waals surface area (Å²) in [4.78, 5) is 11.9. The smallest absolute Gasteiger partial charge is 0.308 e. The highest BCUT2D eigenvalue weighted by Crippen LogP contribution is 2.47. The van der Waals surface area contributed by atoms with Gasteiger partial charge in [-0.2, -0.15) is 0 Å². The van der Waals surface area contributed by atoms with Gasteiger partial charge >= 0.3 is 5.97 Å². The summed E-state index contributed by atoms with van der Waals surface area (Å²) in [6.45, 7) is 13.6. The summed E-state index contributed by atoms with van der Waals surface area (Å²) >= 11 is 0. The minimum absolute atomic E-state index is 0.262. The van der Waals surface area contributed by atoms with Crippen LogP contribution in [-0.4, -0.2) is 22.1 Å². The summed E-state index contributed by atoms with van der Waals surface area (Å²) in [6.07, 6.45) is 0. The maximum Gasteiger partial charge on any atom is 0.308 e. The fourth-order valence-corrected chi connectivity index (χ4v) is 4.65. The maximum absolute atomic E-state index is 11.9. The molecule has 24 heavy (non-hydrogen) atoms. The van der Waals surface area contributed by atoms with Crippen LogP contribution in [0.25, 0.3) is 11.3 Å². The Morgan fingerprint density at radius 1 is 1.17 bits per heavy atom. The molecule has 0 saturated heterocycles. The Bertz CT molecular complexity index is 881. The van der Waals surface area contributed by atoms with E-state index >= 15 is 0 Å². The Morgan fingerprint density at radius 2 is 1.75 bits per heavy atom. The van der Waals surface area contributed by atoms with Crippen molar-refractivity contribution in [1.82, 2.24) is 0 Å². The van der Waals surface area contributed by atoms with Crippen LogP contribution in [0.2, 0.25) is 39.3 Å². The molecule has 0 amide bonds. The molecule has 1 aromatic carbocycles. The third kappa shape index (κ3) is 3.87. The van der Waals surface area contributed by atoms with Gasteiger partial charge < -0.3 is 4.74 Å². The van der Waals surface area contributed by atoms with Crippen molar-refractivity contribution in [3.8, 4) is 0 Å². The minimum Gasteiger partial charge on any atom is -0.425 e. The van der Waals surface area contributed by atoms with Crippen LogP contribution in [0.15, 0.2) is 47.2 Å². The van der Waals surface area contributed by atoms with E-state index in [-0.39, 0.29) is 6.53 Å². The molecular formula is C20H28O2Si2. The van der Waals surface area contributed by atoms with Crippen molar-refractivity contribution in [2.75, 3.05) is 0 Å². The van der Waals surface area contributed by atoms with Crippen LogP contribution in [0.5, 0.6) is 0 Å². The molecule has 0 atom stereocenters. The van der Waals surface area contributed by atoms with Crippen molar-refractivity contribution in [1.29, 1.82) is 0 Å². The SMILES string of the molecule is [2H]C([2H])=C(C1=C(OC(C)=O)c2ccccc2/C1=C(/[2H])[Si](C)(C)C)[Si](C)(C)C. The molecule has 2 rings (SSSR count). The fourth-order valence-electron chi connectivity index (χ4n) is 2.65. The van der Waals surface area contributed by atoms with Crippen LogP contribution < -0.4 is 0 Å². The van der Waals surface area contributed by atoms with Crippen molar-refractivity contribution in [2.45, 2.75) is 46.2 Å². The second-order valence-corrected chi connectivity index (χ2v) is 18.0. The van der Waals surface area contributed by atoms with Crippen molar-refractivity contribution in [3.05, 3.63) is 58.4 Å². The number of esters is 1. The monoisotopic (exact) mass is 359 g/mol. The molecule has 1 aliphatic carbocycles. The number of hydrogen-bond donors (Lipinski definition) is 0. The molecule has 2 nitrogen and oxygen atoms in total. The van der Waals surface area contributed by atoms with Gasteiger partial charge in [0, 0.05) is 18.1 Å². The van der Waals surface area contributed by atoms with Gasteiger partial charge in [0.05, 0.1) is 20.3 Å². The summed E-state index contributed by atoms with van der Waals surface area (Å²) in [5, 5.41) is 0.618. The molecule has 1 aliphatic rings. The zero-order chi connectivity index (χ0) is 20.7. The Kier molecular flexibility index (Phi) is 3.87. The van der Waals surface area contributed by atoms with Gasteiger partial charge in [0.2, 0.25) is 0 Å². The summed E-state index contributed by atoms with van der Waals surface area (Å²) in [5.41, 5.74) is 3.50. The molecule has 0 saturated carbocycles. The molecule has 0 spiro atoms. The van der Waals surface area contributed by atoms with E-state index in [0.717, 1.165) is 16.7 Å². The zero-order valence-electron chi connectivity index (χ0n) is 18.6. The number of fused-ring (bicyclic) bond motifs is 1. The Hall–Kier alpha value is -1.66. The number of benzene rings is 1. The van der Waals surface area contributed by atoms with Gasteiger partial charge in [-0.05, 0) is 11.1 Å². The van der Waals surface area contributed by atoms with Gasteiger partial charge in [0.25, 0.3) is 0 Å². The topological polar surface area (TPSA) is 26.3 Å². The largest absolute Gasteiger partial charge is 0.425 e. The lowest BCUT2D eigenvalue weighted by molar-refractivity contribution is -0.134. The molecule has 0 aliphatic heterocycles. The van der Waals surface area contributed by atoms with Crippen LogP contribution in [0.4, 0.5) is 0 Å². The van der Waals surface area contributed by atoms with Gasteiger partial charge in [-0.25, -0.2) is 0 Å². The second kappa shape index (κ2) is 6.33. The summed E-state index contributed by atoms with van der Waals surface area (Å²) in [6, 6.07) is 7.60. The lowest BCUT2D eigenvalue weighted by Crippen LogP contribution is -2.25. The number of allylic oxidation sites excluding steroid dienone is 3. The van der Waals surface area contributed by atoms with E-state index in [4.69, 9.17) is 8.85 Å². The van der Waals surface area contributed by atoms with Crippen LogP contribution in [-0.2, 0) is 9.53 Å². The summed E-state index contributed by atoms with van der Waals surface area (Å²) in [7, 11) is -4.14. The predicted molar refractivity (Wildman–Crippen MR) is 109 cm³/mol. The Morgan fingerprint density at radius 3 is 2.21 bits per heavy atom.